The molecule has 0 saturated carbocycles. The Kier molecular flexibility index (Phi) is 4.42. The molecule has 23 heavy (non-hydrogen) atoms. The Balaban J connectivity index is 1.61. The molecule has 1 aliphatic rings. The van der Waals surface area contributed by atoms with Crippen molar-refractivity contribution in [2.45, 2.75) is 25.9 Å². The smallest absolute Gasteiger partial charge is 0.244 e. The molecule has 0 aliphatic carbocycles. The van der Waals surface area contributed by atoms with Gasteiger partial charge in [0.15, 0.2) is 15.7 Å². The number of aryl methyl sites for hydroxylation is 1. The van der Waals surface area contributed by atoms with Gasteiger partial charge in [0.25, 0.3) is 0 Å². The molecule has 7 nitrogen and oxygen atoms in total. The largest absolute Gasteiger partial charge is 0.365 e. The van der Waals surface area contributed by atoms with Crippen LogP contribution in [0.2, 0.25) is 0 Å². The van der Waals surface area contributed by atoms with Gasteiger partial charge in [-0.1, -0.05) is 29.8 Å². The zero-order chi connectivity index (χ0) is 16.3. The lowest BCUT2D eigenvalue weighted by atomic mass is 10.1. The molecule has 122 valence electrons. The van der Waals surface area contributed by atoms with Crippen molar-refractivity contribution in [3.63, 3.8) is 0 Å². The Morgan fingerprint density at radius 3 is 2.96 bits per heavy atom. The van der Waals surface area contributed by atoms with Crippen molar-refractivity contribution in [3.8, 4) is 0 Å². The van der Waals surface area contributed by atoms with E-state index in [-0.39, 0.29) is 17.5 Å². The summed E-state index contributed by atoms with van der Waals surface area (Å²) in [6, 6.07) is 8.05. The molecule has 1 fully saturated rings. The zero-order valence-electron chi connectivity index (χ0n) is 12.9. The minimum atomic E-state index is -2.92. The third-order valence-corrected chi connectivity index (χ3v) is 5.44. The van der Waals surface area contributed by atoms with Crippen molar-refractivity contribution in [1.29, 1.82) is 0 Å². The fraction of sp³-hybridized carbons (Fsp3) is 0.400. The number of rotatable bonds is 5. The fourth-order valence-corrected chi connectivity index (χ4v) is 4.24. The second-order valence-corrected chi connectivity index (χ2v) is 7.98. The van der Waals surface area contributed by atoms with Crippen molar-refractivity contribution in [1.82, 2.24) is 15.2 Å². The Morgan fingerprint density at radius 1 is 1.35 bits per heavy atom. The summed E-state index contributed by atoms with van der Waals surface area (Å²) in [7, 11) is -2.92. The number of benzene rings is 1. The first kappa shape index (κ1) is 15.7. The number of nitrogens with zero attached hydrogens (tertiary/aromatic N) is 3. The summed E-state index contributed by atoms with van der Waals surface area (Å²) in [6.45, 7) is 2.65. The van der Waals surface area contributed by atoms with Crippen LogP contribution in [0.1, 0.15) is 17.5 Å². The molecule has 1 aliphatic heterocycles. The van der Waals surface area contributed by atoms with Gasteiger partial charge in [-0.2, -0.15) is 10.1 Å². The minimum absolute atomic E-state index is 0.110. The van der Waals surface area contributed by atoms with Crippen LogP contribution in [0.15, 0.2) is 30.5 Å². The molecular weight excluding hydrogens is 314 g/mol. The molecule has 1 aromatic heterocycles. The first-order valence-corrected chi connectivity index (χ1v) is 9.28. The summed E-state index contributed by atoms with van der Waals surface area (Å²) in [5, 5.41) is 14.1. The molecule has 1 atom stereocenters. The van der Waals surface area contributed by atoms with E-state index in [1.54, 1.807) is 0 Å². The average molecular weight is 333 g/mol. The standard InChI is InChI=1S/C15H19N5O2S/c1-11-3-2-4-12(7-11)8-16-15-19-14(9-17-20-15)18-13-5-6-23(21,22)10-13/h2-4,7,9,13H,5-6,8,10H2,1H3,(H2,16,18,19,20). The van der Waals surface area contributed by atoms with Gasteiger partial charge in [0.2, 0.25) is 5.95 Å². The number of anilines is 2. The van der Waals surface area contributed by atoms with Crippen molar-refractivity contribution in [2.75, 3.05) is 22.1 Å². The van der Waals surface area contributed by atoms with Crippen LogP contribution in [0.25, 0.3) is 0 Å². The van der Waals surface area contributed by atoms with Crippen LogP contribution in [0.3, 0.4) is 0 Å². The normalized spacial score (nSPS) is 19.4. The fourth-order valence-electron chi connectivity index (χ4n) is 2.57. The maximum absolute atomic E-state index is 11.5. The number of aromatic nitrogens is 3. The van der Waals surface area contributed by atoms with Gasteiger partial charge in [0, 0.05) is 12.6 Å². The number of hydrogen-bond donors (Lipinski definition) is 2. The molecule has 1 unspecified atom stereocenters. The van der Waals surface area contributed by atoms with Gasteiger partial charge in [0.05, 0.1) is 17.7 Å². The molecule has 2 heterocycles. The van der Waals surface area contributed by atoms with E-state index in [0.717, 1.165) is 5.56 Å². The first-order chi connectivity index (χ1) is 11.0. The zero-order valence-corrected chi connectivity index (χ0v) is 13.7. The SMILES string of the molecule is Cc1cccc(CNc2nncc(NC3CCS(=O)(=O)C3)n2)c1. The van der Waals surface area contributed by atoms with E-state index in [2.05, 4.69) is 31.9 Å². The molecule has 2 N–H and O–H groups in total. The summed E-state index contributed by atoms with van der Waals surface area (Å²) in [6.07, 6.45) is 2.10. The monoisotopic (exact) mass is 333 g/mol. The molecule has 3 rings (SSSR count). The molecular formula is C15H19N5O2S. The Hall–Kier alpha value is -2.22. The molecule has 0 radical (unpaired) electrons. The van der Waals surface area contributed by atoms with Gasteiger partial charge in [-0.3, -0.25) is 0 Å². The molecule has 0 bridgehead atoms. The van der Waals surface area contributed by atoms with E-state index in [4.69, 9.17) is 0 Å². The van der Waals surface area contributed by atoms with Crippen molar-refractivity contribution >= 4 is 21.6 Å². The van der Waals surface area contributed by atoms with Gasteiger partial charge in [-0.25, -0.2) is 8.42 Å². The van der Waals surface area contributed by atoms with E-state index >= 15 is 0 Å². The topological polar surface area (TPSA) is 96.9 Å². The van der Waals surface area contributed by atoms with Crippen molar-refractivity contribution < 1.29 is 8.42 Å². The molecule has 0 spiro atoms. The predicted molar refractivity (Wildman–Crippen MR) is 89.0 cm³/mol. The van der Waals surface area contributed by atoms with E-state index in [0.29, 0.717) is 24.7 Å². The van der Waals surface area contributed by atoms with E-state index in [1.807, 2.05) is 25.1 Å². The molecule has 0 amide bonds. The molecule has 1 aromatic carbocycles. The van der Waals surface area contributed by atoms with Gasteiger partial charge in [-0.15, -0.1) is 5.10 Å². The van der Waals surface area contributed by atoms with Crippen molar-refractivity contribution in [2.24, 2.45) is 0 Å². The summed E-state index contributed by atoms with van der Waals surface area (Å²) < 4.78 is 23.0. The summed E-state index contributed by atoms with van der Waals surface area (Å²) >= 11 is 0. The van der Waals surface area contributed by atoms with Gasteiger partial charge in [-0.05, 0) is 18.9 Å². The molecule has 8 heteroatoms. The maximum atomic E-state index is 11.5. The van der Waals surface area contributed by atoms with E-state index in [1.165, 1.54) is 11.8 Å². The van der Waals surface area contributed by atoms with Gasteiger partial charge in [0.1, 0.15) is 0 Å². The quantitative estimate of drug-likeness (QED) is 0.853. The van der Waals surface area contributed by atoms with E-state index < -0.39 is 9.84 Å². The highest BCUT2D eigenvalue weighted by Crippen LogP contribution is 2.16. The van der Waals surface area contributed by atoms with E-state index in [9.17, 15) is 8.42 Å². The lowest BCUT2D eigenvalue weighted by Crippen LogP contribution is -2.21. The summed E-state index contributed by atoms with van der Waals surface area (Å²) in [5.41, 5.74) is 2.33. The van der Waals surface area contributed by atoms with Crippen LogP contribution < -0.4 is 10.6 Å². The predicted octanol–water partition coefficient (Wildman–Crippen LogP) is 1.39. The Morgan fingerprint density at radius 2 is 2.22 bits per heavy atom. The third-order valence-electron chi connectivity index (χ3n) is 3.68. The Labute approximate surface area is 135 Å². The van der Waals surface area contributed by atoms with Crippen molar-refractivity contribution in [3.05, 3.63) is 41.6 Å². The van der Waals surface area contributed by atoms with Crippen LogP contribution in [0, 0.1) is 6.92 Å². The Bertz CT molecular complexity index is 794. The summed E-state index contributed by atoms with van der Waals surface area (Å²) in [5.74, 6) is 1.32. The maximum Gasteiger partial charge on any atom is 0.244 e. The second-order valence-electron chi connectivity index (χ2n) is 5.75. The van der Waals surface area contributed by atoms with Gasteiger partial charge < -0.3 is 10.6 Å². The minimum Gasteiger partial charge on any atom is -0.365 e. The summed E-state index contributed by atoms with van der Waals surface area (Å²) in [4.78, 5) is 4.33. The molecule has 2 aromatic rings. The highest BCUT2D eigenvalue weighted by Gasteiger charge is 2.28. The highest BCUT2D eigenvalue weighted by molar-refractivity contribution is 7.91. The highest BCUT2D eigenvalue weighted by atomic mass is 32.2. The van der Waals surface area contributed by atoms with Gasteiger partial charge >= 0.3 is 0 Å². The number of sulfone groups is 1. The lowest BCUT2D eigenvalue weighted by molar-refractivity contribution is 0.602. The number of nitrogens with one attached hydrogen (secondary N) is 2. The first-order valence-electron chi connectivity index (χ1n) is 7.46. The lowest BCUT2D eigenvalue weighted by Gasteiger charge is -2.12. The third kappa shape index (κ3) is 4.38. The van der Waals surface area contributed by atoms with Crippen LogP contribution in [0.4, 0.5) is 11.8 Å². The van der Waals surface area contributed by atoms with Crippen LogP contribution in [0.5, 0.6) is 0 Å². The van der Waals surface area contributed by atoms with Crippen LogP contribution in [-0.2, 0) is 16.4 Å². The second kappa shape index (κ2) is 6.49. The molecule has 1 saturated heterocycles. The number of hydrogen-bond acceptors (Lipinski definition) is 7. The van der Waals surface area contributed by atoms with Crippen LogP contribution in [-0.4, -0.2) is 41.1 Å². The average Bonchev–Trinajstić information content (AvgIpc) is 2.84. The van der Waals surface area contributed by atoms with Crippen LogP contribution >= 0.6 is 0 Å².